The molecule has 1 amide bonds. The Morgan fingerprint density at radius 3 is 2.31 bits per heavy atom. The van der Waals surface area contributed by atoms with Gasteiger partial charge in [0.05, 0.1) is 19.1 Å². The van der Waals surface area contributed by atoms with Gasteiger partial charge in [-0.25, -0.2) is 12.7 Å². The van der Waals surface area contributed by atoms with Gasteiger partial charge in [-0.05, 0) is 42.8 Å². The fraction of sp³-hybridized carbons (Fsp3) is 0.364. The number of hydrogen-bond acceptors (Lipinski definition) is 6. The third-order valence-electron chi connectivity index (χ3n) is 5.15. The molecular formula is C22H27N3O5S2. The van der Waals surface area contributed by atoms with Crippen LogP contribution in [0.4, 0.5) is 0 Å². The Morgan fingerprint density at radius 1 is 1.09 bits per heavy atom. The lowest BCUT2D eigenvalue weighted by atomic mass is 10.2. The summed E-state index contributed by atoms with van der Waals surface area (Å²) in [7, 11) is 2.93. The van der Waals surface area contributed by atoms with Gasteiger partial charge in [-0.1, -0.05) is 24.7 Å². The van der Waals surface area contributed by atoms with Crippen LogP contribution in [0.5, 0.6) is 11.5 Å². The molecule has 0 fully saturated rings. The first kappa shape index (κ1) is 24.0. The third-order valence-corrected chi connectivity index (χ3v) is 8.16. The number of carbonyl (C=O) groups excluding carboxylic acids is 1. The van der Waals surface area contributed by atoms with Gasteiger partial charge in [0.25, 0.3) is 5.91 Å². The van der Waals surface area contributed by atoms with E-state index in [4.69, 9.17) is 9.47 Å². The number of ether oxygens (including phenoxy) is 2. The van der Waals surface area contributed by atoms with Gasteiger partial charge in [0.2, 0.25) is 10.0 Å². The molecule has 0 aliphatic carbocycles. The van der Waals surface area contributed by atoms with Gasteiger partial charge in [0, 0.05) is 26.2 Å². The molecule has 8 nitrogen and oxygen atoms in total. The number of benzene rings is 2. The van der Waals surface area contributed by atoms with E-state index < -0.39 is 15.9 Å². The summed E-state index contributed by atoms with van der Waals surface area (Å²) in [5, 5.41) is 0. The number of sulfonamides is 1. The maximum absolute atomic E-state index is 12.8. The largest absolute Gasteiger partial charge is 0.495 e. The van der Waals surface area contributed by atoms with Crippen molar-refractivity contribution in [2.45, 2.75) is 24.7 Å². The van der Waals surface area contributed by atoms with Crippen LogP contribution in [0.15, 0.2) is 46.3 Å². The highest BCUT2D eigenvalue weighted by Crippen LogP contribution is 2.34. The first-order valence-electron chi connectivity index (χ1n) is 10.1. The number of methoxy groups -OCH3 is 2. The normalized spacial score (nSPS) is 12.5. The molecule has 1 heterocycles. The summed E-state index contributed by atoms with van der Waals surface area (Å²) in [6.45, 7) is 2.46. The maximum atomic E-state index is 12.8. The SMILES string of the molecule is CCCCN(C)S(=O)(=O)c1ccc(C(=O)N=c2sc3c(OC)ccc(OC)c3n2C)cc1. The lowest BCUT2D eigenvalue weighted by Gasteiger charge is -2.16. The molecule has 32 heavy (non-hydrogen) atoms. The number of carbonyl (C=O) groups is 1. The van der Waals surface area contributed by atoms with Crippen LogP contribution in [0, 0.1) is 0 Å². The van der Waals surface area contributed by atoms with Crippen molar-refractivity contribution in [3.05, 3.63) is 46.8 Å². The summed E-state index contributed by atoms with van der Waals surface area (Å²) < 4.78 is 40.1. The minimum Gasteiger partial charge on any atom is -0.495 e. The lowest BCUT2D eigenvalue weighted by molar-refractivity contribution is 0.0998. The van der Waals surface area contributed by atoms with E-state index >= 15 is 0 Å². The summed E-state index contributed by atoms with van der Waals surface area (Å²) in [5.41, 5.74) is 1.08. The van der Waals surface area contributed by atoms with E-state index in [1.165, 1.54) is 39.9 Å². The average molecular weight is 478 g/mol. The van der Waals surface area contributed by atoms with Crippen molar-refractivity contribution in [1.29, 1.82) is 0 Å². The van der Waals surface area contributed by atoms with E-state index in [-0.39, 0.29) is 4.90 Å². The number of unbranched alkanes of at least 4 members (excludes halogenated alkanes) is 1. The number of fused-ring (bicyclic) bond motifs is 1. The van der Waals surface area contributed by atoms with Gasteiger partial charge < -0.3 is 14.0 Å². The molecule has 0 saturated carbocycles. The van der Waals surface area contributed by atoms with Crippen molar-refractivity contribution in [3.63, 3.8) is 0 Å². The van der Waals surface area contributed by atoms with Gasteiger partial charge >= 0.3 is 0 Å². The Morgan fingerprint density at radius 2 is 1.72 bits per heavy atom. The Bertz CT molecular complexity index is 1290. The second-order valence-corrected chi connectivity index (χ2v) is 10.2. The number of thiazole rings is 1. The smallest absolute Gasteiger partial charge is 0.279 e. The van der Waals surface area contributed by atoms with Crippen molar-refractivity contribution >= 4 is 37.5 Å². The Balaban J connectivity index is 1.95. The van der Waals surface area contributed by atoms with Gasteiger partial charge in [-0.3, -0.25) is 4.79 Å². The fourth-order valence-electron chi connectivity index (χ4n) is 3.23. The van der Waals surface area contributed by atoms with Crippen LogP contribution >= 0.6 is 11.3 Å². The van der Waals surface area contributed by atoms with Crippen LogP contribution in [0.1, 0.15) is 30.1 Å². The number of hydrogen-bond donors (Lipinski definition) is 0. The quantitative estimate of drug-likeness (QED) is 0.496. The molecule has 3 aromatic rings. The minimum atomic E-state index is -3.59. The van der Waals surface area contributed by atoms with E-state index in [1.807, 2.05) is 6.92 Å². The minimum absolute atomic E-state index is 0.148. The molecule has 2 aromatic carbocycles. The van der Waals surface area contributed by atoms with E-state index in [0.717, 1.165) is 23.1 Å². The summed E-state index contributed by atoms with van der Waals surface area (Å²) in [6, 6.07) is 9.47. The van der Waals surface area contributed by atoms with Crippen LogP contribution in [0.2, 0.25) is 0 Å². The molecule has 0 aliphatic rings. The zero-order chi connectivity index (χ0) is 23.5. The van der Waals surface area contributed by atoms with Crippen LogP contribution in [-0.4, -0.2) is 51.0 Å². The Kier molecular flexibility index (Phi) is 7.37. The van der Waals surface area contributed by atoms with Gasteiger partial charge in [-0.2, -0.15) is 4.99 Å². The lowest BCUT2D eigenvalue weighted by Crippen LogP contribution is -2.27. The van der Waals surface area contributed by atoms with Gasteiger partial charge in [0.15, 0.2) is 4.80 Å². The van der Waals surface area contributed by atoms with Gasteiger partial charge in [0.1, 0.15) is 21.7 Å². The summed E-state index contributed by atoms with van der Waals surface area (Å²) in [4.78, 5) is 17.7. The third kappa shape index (κ3) is 4.57. The highest BCUT2D eigenvalue weighted by molar-refractivity contribution is 7.89. The first-order chi connectivity index (χ1) is 15.2. The molecule has 1 aromatic heterocycles. The van der Waals surface area contributed by atoms with Crippen LogP contribution in [-0.2, 0) is 17.1 Å². The molecule has 0 spiro atoms. The molecule has 10 heteroatoms. The van der Waals surface area contributed by atoms with Crippen molar-refractivity contribution in [2.75, 3.05) is 27.8 Å². The molecule has 0 atom stereocenters. The molecular weight excluding hydrogens is 450 g/mol. The van der Waals surface area contributed by atoms with Gasteiger partial charge in [-0.15, -0.1) is 0 Å². The summed E-state index contributed by atoms with van der Waals surface area (Å²) >= 11 is 1.31. The maximum Gasteiger partial charge on any atom is 0.279 e. The molecule has 172 valence electrons. The van der Waals surface area contributed by atoms with Crippen molar-refractivity contribution in [1.82, 2.24) is 8.87 Å². The predicted molar refractivity (Wildman–Crippen MR) is 125 cm³/mol. The monoisotopic (exact) mass is 477 g/mol. The Labute approximate surface area is 191 Å². The highest BCUT2D eigenvalue weighted by Gasteiger charge is 2.21. The Hall–Kier alpha value is -2.69. The first-order valence-corrected chi connectivity index (χ1v) is 12.4. The second-order valence-electron chi connectivity index (χ2n) is 7.21. The molecule has 0 radical (unpaired) electrons. The molecule has 0 unspecified atom stereocenters. The van der Waals surface area contributed by atoms with Crippen molar-refractivity contribution < 1.29 is 22.7 Å². The number of amides is 1. The topological polar surface area (TPSA) is 90.2 Å². The summed E-state index contributed by atoms with van der Waals surface area (Å²) in [5.74, 6) is 0.848. The standard InChI is InChI=1S/C22H27N3O5S2/c1-6-7-14-24(2)32(27,28)16-10-8-15(9-11-16)21(26)23-22-25(3)19-17(29-4)12-13-18(30-5)20(19)31-22/h8-13H,6-7,14H2,1-5H3. The van der Waals surface area contributed by atoms with Crippen molar-refractivity contribution in [2.24, 2.45) is 12.0 Å². The van der Waals surface area contributed by atoms with E-state index in [2.05, 4.69) is 4.99 Å². The number of aromatic nitrogens is 1. The number of aryl methyl sites for hydroxylation is 1. The zero-order valence-electron chi connectivity index (χ0n) is 18.8. The molecule has 0 bridgehead atoms. The zero-order valence-corrected chi connectivity index (χ0v) is 20.4. The van der Waals surface area contributed by atoms with Crippen LogP contribution in [0.25, 0.3) is 10.2 Å². The molecule has 0 aliphatic heterocycles. The van der Waals surface area contributed by atoms with E-state index in [9.17, 15) is 13.2 Å². The molecule has 0 N–H and O–H groups in total. The average Bonchev–Trinajstić information content (AvgIpc) is 3.12. The number of nitrogens with zero attached hydrogens (tertiary/aromatic N) is 3. The van der Waals surface area contributed by atoms with E-state index in [1.54, 1.807) is 45.0 Å². The highest BCUT2D eigenvalue weighted by atomic mass is 32.2. The van der Waals surface area contributed by atoms with Crippen LogP contribution < -0.4 is 14.3 Å². The summed E-state index contributed by atoms with van der Waals surface area (Å²) in [6.07, 6.45) is 1.69. The van der Waals surface area contributed by atoms with E-state index in [0.29, 0.717) is 28.4 Å². The van der Waals surface area contributed by atoms with Crippen LogP contribution in [0.3, 0.4) is 0 Å². The second kappa shape index (κ2) is 9.85. The fourth-order valence-corrected chi connectivity index (χ4v) is 5.57. The number of rotatable bonds is 8. The predicted octanol–water partition coefficient (Wildman–Crippen LogP) is 3.42. The van der Waals surface area contributed by atoms with Crippen molar-refractivity contribution in [3.8, 4) is 11.5 Å². The molecule has 0 saturated heterocycles. The molecule has 3 rings (SSSR count).